The van der Waals surface area contributed by atoms with Gasteiger partial charge >= 0.3 is 0 Å². The molecular formula is C12H9N3OS. The van der Waals surface area contributed by atoms with Crippen molar-refractivity contribution in [3.8, 4) is 11.1 Å². The fraction of sp³-hybridized carbons (Fsp3) is 0. The Hall–Kier alpha value is -2.14. The van der Waals surface area contributed by atoms with Gasteiger partial charge in [0.2, 0.25) is 0 Å². The first-order valence-corrected chi connectivity index (χ1v) is 5.55. The van der Waals surface area contributed by atoms with E-state index in [1.54, 1.807) is 6.20 Å². The van der Waals surface area contributed by atoms with E-state index < -0.39 is 0 Å². The van der Waals surface area contributed by atoms with E-state index in [4.69, 9.17) is 12.2 Å². The number of aromatic nitrogens is 3. The van der Waals surface area contributed by atoms with Crippen molar-refractivity contribution in [3.63, 3.8) is 0 Å². The van der Waals surface area contributed by atoms with E-state index in [1.165, 1.54) is 0 Å². The van der Waals surface area contributed by atoms with Gasteiger partial charge in [-0.05, 0) is 17.8 Å². The summed E-state index contributed by atoms with van der Waals surface area (Å²) >= 11 is 4.98. The van der Waals surface area contributed by atoms with E-state index in [0.717, 1.165) is 16.6 Å². The van der Waals surface area contributed by atoms with Crippen LogP contribution in [0.1, 0.15) is 0 Å². The quantitative estimate of drug-likeness (QED) is 0.575. The molecule has 3 N–H and O–H groups in total. The Morgan fingerprint density at radius 2 is 1.76 bits per heavy atom. The Morgan fingerprint density at radius 1 is 1.00 bits per heavy atom. The van der Waals surface area contributed by atoms with Crippen molar-refractivity contribution in [3.05, 3.63) is 51.7 Å². The van der Waals surface area contributed by atoms with Crippen molar-refractivity contribution in [2.24, 2.45) is 0 Å². The molecule has 2 heterocycles. The van der Waals surface area contributed by atoms with E-state index in [1.807, 2.05) is 30.3 Å². The summed E-state index contributed by atoms with van der Waals surface area (Å²) in [6.45, 7) is 0. The van der Waals surface area contributed by atoms with E-state index >= 15 is 0 Å². The summed E-state index contributed by atoms with van der Waals surface area (Å²) in [7, 11) is 0. The number of aromatic amines is 3. The molecule has 0 saturated heterocycles. The highest BCUT2D eigenvalue weighted by Crippen LogP contribution is 2.24. The normalized spacial score (nSPS) is 10.8. The lowest BCUT2D eigenvalue weighted by Crippen LogP contribution is -2.07. The average molecular weight is 243 g/mol. The summed E-state index contributed by atoms with van der Waals surface area (Å²) in [6, 6.07) is 9.83. The number of nitrogens with one attached hydrogen (secondary N) is 3. The molecule has 0 aliphatic rings. The van der Waals surface area contributed by atoms with Crippen LogP contribution in [0.15, 0.2) is 41.3 Å². The van der Waals surface area contributed by atoms with Gasteiger partial charge in [0.1, 0.15) is 5.52 Å². The number of H-pyrrole nitrogens is 3. The van der Waals surface area contributed by atoms with Crippen molar-refractivity contribution in [2.45, 2.75) is 0 Å². The molecular weight excluding hydrogens is 234 g/mol. The van der Waals surface area contributed by atoms with E-state index in [-0.39, 0.29) is 5.56 Å². The van der Waals surface area contributed by atoms with Gasteiger partial charge in [-0.1, -0.05) is 30.3 Å². The summed E-state index contributed by atoms with van der Waals surface area (Å²) < 4.78 is 0.333. The Morgan fingerprint density at radius 3 is 2.53 bits per heavy atom. The van der Waals surface area contributed by atoms with Gasteiger partial charge in [-0.3, -0.25) is 9.78 Å². The highest BCUT2D eigenvalue weighted by Gasteiger charge is 2.08. The first-order valence-electron chi connectivity index (χ1n) is 5.15. The molecule has 1 aromatic carbocycles. The molecule has 17 heavy (non-hydrogen) atoms. The summed E-state index contributed by atoms with van der Waals surface area (Å²) in [5.41, 5.74) is 3.03. The number of hydrogen-bond donors (Lipinski definition) is 3. The molecule has 0 aliphatic carbocycles. The number of fused-ring (bicyclic) bond motifs is 1. The molecule has 3 aromatic rings. The molecule has 5 heteroatoms. The minimum Gasteiger partial charge on any atom is -0.355 e. The topological polar surface area (TPSA) is 64.4 Å². The summed E-state index contributed by atoms with van der Waals surface area (Å²) in [5.74, 6) is 0. The monoisotopic (exact) mass is 243 g/mol. The Kier molecular flexibility index (Phi) is 2.19. The zero-order valence-electron chi connectivity index (χ0n) is 8.78. The SMILES string of the molecule is O=c1[nH]c(=S)[nH]c2c(-c3ccccc3)c[nH]c12. The van der Waals surface area contributed by atoms with E-state index in [2.05, 4.69) is 15.0 Å². The third kappa shape index (κ3) is 1.60. The number of benzene rings is 1. The van der Waals surface area contributed by atoms with Crippen LogP contribution in [0.5, 0.6) is 0 Å². The molecule has 0 atom stereocenters. The third-order valence-electron chi connectivity index (χ3n) is 2.66. The smallest absolute Gasteiger partial charge is 0.276 e. The standard InChI is InChI=1S/C12H9N3OS/c16-11-10-9(14-12(17)15-11)8(6-13-10)7-4-2-1-3-5-7/h1-6,13H,(H2,14,15,16,17). The van der Waals surface area contributed by atoms with Crippen molar-refractivity contribution in [2.75, 3.05) is 0 Å². The molecule has 3 rings (SSSR count). The van der Waals surface area contributed by atoms with Gasteiger partial charge in [0.15, 0.2) is 4.77 Å². The molecule has 0 aliphatic heterocycles. The van der Waals surface area contributed by atoms with Gasteiger partial charge in [-0.15, -0.1) is 0 Å². The van der Waals surface area contributed by atoms with Crippen LogP contribution >= 0.6 is 12.2 Å². The molecule has 84 valence electrons. The summed E-state index contributed by atoms with van der Waals surface area (Å²) in [5, 5.41) is 0. The Balaban J connectivity index is 2.40. The molecule has 4 nitrogen and oxygen atoms in total. The van der Waals surface area contributed by atoms with Crippen LogP contribution in [0.4, 0.5) is 0 Å². The molecule has 0 fully saturated rings. The second-order valence-electron chi connectivity index (χ2n) is 3.73. The predicted molar refractivity (Wildman–Crippen MR) is 69.5 cm³/mol. The summed E-state index contributed by atoms with van der Waals surface area (Å²) in [4.78, 5) is 20.2. The van der Waals surface area contributed by atoms with Crippen molar-refractivity contribution in [1.82, 2.24) is 15.0 Å². The molecule has 0 amide bonds. The van der Waals surface area contributed by atoms with E-state index in [0.29, 0.717) is 10.3 Å². The lowest BCUT2D eigenvalue weighted by atomic mass is 10.1. The minimum absolute atomic E-state index is 0.203. The maximum Gasteiger partial charge on any atom is 0.276 e. The molecule has 0 radical (unpaired) electrons. The van der Waals surface area contributed by atoms with Crippen molar-refractivity contribution in [1.29, 1.82) is 0 Å². The molecule has 0 unspecified atom stereocenters. The van der Waals surface area contributed by atoms with Gasteiger partial charge in [0.25, 0.3) is 5.56 Å². The Labute approximate surface area is 101 Å². The van der Waals surface area contributed by atoms with Crippen LogP contribution in [0, 0.1) is 4.77 Å². The molecule has 0 spiro atoms. The minimum atomic E-state index is -0.203. The number of hydrogen-bond acceptors (Lipinski definition) is 2. The fourth-order valence-electron chi connectivity index (χ4n) is 1.89. The highest BCUT2D eigenvalue weighted by molar-refractivity contribution is 7.71. The van der Waals surface area contributed by atoms with Gasteiger partial charge in [0.05, 0.1) is 5.52 Å². The second-order valence-corrected chi connectivity index (χ2v) is 4.13. The zero-order chi connectivity index (χ0) is 11.8. The first-order chi connectivity index (χ1) is 8.25. The lowest BCUT2D eigenvalue weighted by Gasteiger charge is -1.98. The van der Waals surface area contributed by atoms with Gasteiger partial charge in [-0.25, -0.2) is 0 Å². The van der Waals surface area contributed by atoms with Crippen LogP contribution < -0.4 is 5.56 Å². The highest BCUT2D eigenvalue weighted by atomic mass is 32.1. The van der Waals surface area contributed by atoms with Crippen LogP contribution in [0.25, 0.3) is 22.2 Å². The molecule has 2 aromatic heterocycles. The van der Waals surface area contributed by atoms with Crippen LogP contribution in [0.3, 0.4) is 0 Å². The predicted octanol–water partition coefficient (Wildman–Crippen LogP) is 2.58. The largest absolute Gasteiger partial charge is 0.355 e. The first kappa shape index (κ1) is 10.0. The van der Waals surface area contributed by atoms with Crippen LogP contribution in [-0.2, 0) is 0 Å². The van der Waals surface area contributed by atoms with Crippen LogP contribution in [0.2, 0.25) is 0 Å². The zero-order valence-corrected chi connectivity index (χ0v) is 9.60. The lowest BCUT2D eigenvalue weighted by molar-refractivity contribution is 1.13. The fourth-order valence-corrected chi connectivity index (χ4v) is 2.08. The van der Waals surface area contributed by atoms with Crippen molar-refractivity contribution >= 4 is 23.3 Å². The number of rotatable bonds is 1. The maximum atomic E-state index is 11.7. The van der Waals surface area contributed by atoms with Crippen LogP contribution in [-0.4, -0.2) is 15.0 Å². The average Bonchev–Trinajstić information content (AvgIpc) is 2.74. The molecule has 0 bridgehead atoms. The van der Waals surface area contributed by atoms with Gasteiger partial charge < -0.3 is 9.97 Å². The summed E-state index contributed by atoms with van der Waals surface area (Å²) in [6.07, 6.45) is 1.81. The Bertz CT molecular complexity index is 783. The van der Waals surface area contributed by atoms with Crippen molar-refractivity contribution < 1.29 is 0 Å². The van der Waals surface area contributed by atoms with Gasteiger partial charge in [0, 0.05) is 11.8 Å². The molecule has 0 saturated carbocycles. The maximum absolute atomic E-state index is 11.7. The second kappa shape index (κ2) is 3.71. The third-order valence-corrected chi connectivity index (χ3v) is 2.86. The van der Waals surface area contributed by atoms with E-state index in [9.17, 15) is 4.79 Å². The van der Waals surface area contributed by atoms with Gasteiger partial charge in [-0.2, -0.15) is 0 Å².